The number of carbonyl (C=O) groups excluding carboxylic acids is 2. The van der Waals surface area contributed by atoms with Gasteiger partial charge in [0.25, 0.3) is 5.91 Å². The van der Waals surface area contributed by atoms with Gasteiger partial charge in [0, 0.05) is 30.2 Å². The monoisotopic (exact) mass is 421 g/mol. The van der Waals surface area contributed by atoms with Crippen molar-refractivity contribution < 1.29 is 14.3 Å². The van der Waals surface area contributed by atoms with Crippen molar-refractivity contribution in [1.29, 1.82) is 0 Å². The van der Waals surface area contributed by atoms with Crippen molar-refractivity contribution in [2.75, 3.05) is 48.4 Å². The number of amides is 2. The smallest absolute Gasteiger partial charge is 0.271 e. The third-order valence-corrected chi connectivity index (χ3v) is 4.87. The molecule has 1 fully saturated rings. The number of nitrogens with two attached hydrogens (primary N) is 2. The second-order valence-electron chi connectivity index (χ2n) is 7.01. The number of morpholine rings is 1. The van der Waals surface area contributed by atoms with Gasteiger partial charge in [-0.05, 0) is 42.5 Å². The summed E-state index contributed by atoms with van der Waals surface area (Å²) in [5, 5.41) is 5.77. The topological polar surface area (TPSA) is 148 Å². The maximum atomic E-state index is 12.0. The van der Waals surface area contributed by atoms with Crippen molar-refractivity contribution in [2.45, 2.75) is 0 Å². The molecule has 10 nitrogen and oxygen atoms in total. The number of carbonyl (C=O) groups is 2. The average Bonchev–Trinajstić information content (AvgIpc) is 2.79. The molecule has 2 aromatic carbocycles. The lowest BCUT2D eigenvalue weighted by atomic mass is 10.2. The van der Waals surface area contributed by atoms with Crippen molar-refractivity contribution in [2.24, 2.45) is 11.5 Å². The molecule has 2 heterocycles. The lowest BCUT2D eigenvalue weighted by Gasteiger charge is -2.28. The average molecular weight is 421 g/mol. The summed E-state index contributed by atoms with van der Waals surface area (Å²) in [6, 6.07) is 12.8. The standard InChI is InChI=1S/C21H23N7O3/c22-12-18(29)24-14-3-6-16-17(11-14)26-19(20(23)30)21(27-16)25-13-1-4-15(5-2-13)28-7-9-31-10-8-28/h1-6,11H,7-10,12,22H2,(H2,23,30)(H,24,29)(H,25,27). The van der Waals surface area contributed by atoms with Crippen LogP contribution in [0.4, 0.5) is 22.9 Å². The highest BCUT2D eigenvalue weighted by Crippen LogP contribution is 2.25. The molecule has 1 aliphatic rings. The van der Waals surface area contributed by atoms with Gasteiger partial charge in [0.1, 0.15) is 0 Å². The number of ether oxygens (including phenoxy) is 1. The van der Waals surface area contributed by atoms with E-state index in [0.29, 0.717) is 29.9 Å². The fraction of sp³-hybridized carbons (Fsp3) is 0.238. The molecule has 0 atom stereocenters. The zero-order valence-electron chi connectivity index (χ0n) is 16.8. The van der Waals surface area contributed by atoms with Crippen LogP contribution < -0.4 is 27.0 Å². The minimum atomic E-state index is -0.710. The number of nitrogens with one attached hydrogen (secondary N) is 2. The Morgan fingerprint density at radius 1 is 1.00 bits per heavy atom. The number of primary amides is 1. The van der Waals surface area contributed by atoms with Crippen LogP contribution in [0.2, 0.25) is 0 Å². The molecule has 10 heteroatoms. The van der Waals surface area contributed by atoms with Gasteiger partial charge in [0.2, 0.25) is 5.91 Å². The number of aromatic nitrogens is 2. The van der Waals surface area contributed by atoms with Gasteiger partial charge in [-0.3, -0.25) is 9.59 Å². The number of hydrogen-bond donors (Lipinski definition) is 4. The van der Waals surface area contributed by atoms with Crippen molar-refractivity contribution in [3.63, 3.8) is 0 Å². The molecule has 0 saturated carbocycles. The van der Waals surface area contributed by atoms with Crippen LogP contribution in [-0.4, -0.2) is 54.6 Å². The van der Waals surface area contributed by atoms with E-state index in [0.717, 1.165) is 24.5 Å². The highest BCUT2D eigenvalue weighted by molar-refractivity contribution is 5.99. The van der Waals surface area contributed by atoms with Gasteiger partial charge in [-0.1, -0.05) is 0 Å². The van der Waals surface area contributed by atoms with E-state index in [1.807, 2.05) is 24.3 Å². The Morgan fingerprint density at radius 2 is 1.71 bits per heavy atom. The zero-order valence-corrected chi connectivity index (χ0v) is 16.8. The molecule has 3 aromatic rings. The molecule has 160 valence electrons. The Balaban J connectivity index is 1.60. The van der Waals surface area contributed by atoms with Gasteiger partial charge in [-0.25, -0.2) is 9.97 Å². The van der Waals surface area contributed by atoms with E-state index in [1.165, 1.54) is 0 Å². The van der Waals surface area contributed by atoms with Gasteiger partial charge < -0.3 is 31.7 Å². The third-order valence-electron chi connectivity index (χ3n) is 4.87. The number of benzene rings is 2. The first kappa shape index (κ1) is 20.5. The summed E-state index contributed by atoms with van der Waals surface area (Å²) in [7, 11) is 0. The van der Waals surface area contributed by atoms with Gasteiger partial charge in [0.05, 0.1) is 30.8 Å². The number of nitrogens with zero attached hydrogens (tertiary/aromatic N) is 3. The Hall–Kier alpha value is -3.76. The number of anilines is 4. The molecule has 1 aliphatic heterocycles. The van der Waals surface area contributed by atoms with Gasteiger partial charge in [0.15, 0.2) is 11.5 Å². The highest BCUT2D eigenvalue weighted by atomic mass is 16.5. The maximum Gasteiger partial charge on any atom is 0.271 e. The molecule has 0 radical (unpaired) electrons. The predicted molar refractivity (Wildman–Crippen MR) is 118 cm³/mol. The summed E-state index contributed by atoms with van der Waals surface area (Å²) in [5.74, 6) is -0.780. The molecule has 31 heavy (non-hydrogen) atoms. The minimum absolute atomic E-state index is 0.00653. The molecular formula is C21H23N7O3. The van der Waals surface area contributed by atoms with Gasteiger partial charge >= 0.3 is 0 Å². The SMILES string of the molecule is NCC(=O)Nc1ccc2nc(Nc3ccc(N4CCOCC4)cc3)c(C(N)=O)nc2c1. The number of fused-ring (bicyclic) bond motifs is 1. The van der Waals surface area contributed by atoms with Crippen LogP contribution in [0.15, 0.2) is 42.5 Å². The largest absolute Gasteiger partial charge is 0.378 e. The number of hydrogen-bond acceptors (Lipinski definition) is 8. The predicted octanol–water partition coefficient (Wildman–Crippen LogP) is 1.21. The van der Waals surface area contributed by atoms with Crippen LogP contribution in [0, 0.1) is 0 Å². The van der Waals surface area contributed by atoms with Gasteiger partial charge in [-0.2, -0.15) is 0 Å². The highest BCUT2D eigenvalue weighted by Gasteiger charge is 2.16. The lowest BCUT2D eigenvalue weighted by Crippen LogP contribution is -2.36. The summed E-state index contributed by atoms with van der Waals surface area (Å²) < 4.78 is 5.39. The zero-order chi connectivity index (χ0) is 21.8. The third kappa shape index (κ3) is 4.71. The lowest BCUT2D eigenvalue weighted by molar-refractivity contribution is -0.114. The Bertz CT molecular complexity index is 1110. The first-order chi connectivity index (χ1) is 15.0. The van der Waals surface area contributed by atoms with Crippen LogP contribution in [0.25, 0.3) is 11.0 Å². The molecule has 0 bridgehead atoms. The maximum absolute atomic E-state index is 12.0. The van der Waals surface area contributed by atoms with E-state index >= 15 is 0 Å². The molecule has 0 spiro atoms. The van der Waals surface area contributed by atoms with Crippen molar-refractivity contribution in [1.82, 2.24) is 9.97 Å². The van der Waals surface area contributed by atoms with E-state index in [4.69, 9.17) is 16.2 Å². The Kier molecular flexibility index (Phi) is 5.92. The van der Waals surface area contributed by atoms with Gasteiger partial charge in [-0.15, -0.1) is 0 Å². The molecule has 6 N–H and O–H groups in total. The fourth-order valence-corrected chi connectivity index (χ4v) is 3.32. The summed E-state index contributed by atoms with van der Waals surface area (Å²) in [4.78, 5) is 34.6. The van der Waals surface area contributed by atoms with Crippen LogP contribution in [-0.2, 0) is 9.53 Å². The molecule has 1 aromatic heterocycles. The normalized spacial score (nSPS) is 13.8. The first-order valence-electron chi connectivity index (χ1n) is 9.85. The Labute approximate surface area is 178 Å². The molecule has 4 rings (SSSR count). The molecule has 1 saturated heterocycles. The summed E-state index contributed by atoms with van der Waals surface area (Å²) in [6.07, 6.45) is 0. The molecular weight excluding hydrogens is 398 g/mol. The summed E-state index contributed by atoms with van der Waals surface area (Å²) >= 11 is 0. The molecule has 0 unspecified atom stereocenters. The molecule has 0 aliphatic carbocycles. The van der Waals surface area contributed by atoms with Crippen molar-refractivity contribution in [3.05, 3.63) is 48.2 Å². The minimum Gasteiger partial charge on any atom is -0.378 e. The second kappa shape index (κ2) is 8.94. The van der Waals surface area contributed by atoms with E-state index in [2.05, 4.69) is 25.5 Å². The van der Waals surface area contributed by atoms with Crippen molar-refractivity contribution in [3.8, 4) is 0 Å². The van der Waals surface area contributed by atoms with Crippen molar-refractivity contribution >= 4 is 45.7 Å². The quantitative estimate of drug-likeness (QED) is 0.464. The van der Waals surface area contributed by atoms with Crippen LogP contribution in [0.1, 0.15) is 10.5 Å². The summed E-state index contributed by atoms with van der Waals surface area (Å²) in [5.41, 5.74) is 14.2. The van der Waals surface area contributed by atoms with Crippen LogP contribution in [0.5, 0.6) is 0 Å². The Morgan fingerprint density at radius 3 is 2.39 bits per heavy atom. The van der Waals surface area contributed by atoms with E-state index in [9.17, 15) is 9.59 Å². The second-order valence-corrected chi connectivity index (χ2v) is 7.01. The van der Waals surface area contributed by atoms with E-state index < -0.39 is 5.91 Å². The van der Waals surface area contributed by atoms with Crippen LogP contribution >= 0.6 is 0 Å². The molecule has 2 amide bonds. The van der Waals surface area contributed by atoms with E-state index in [-0.39, 0.29) is 24.0 Å². The fourth-order valence-electron chi connectivity index (χ4n) is 3.32. The number of rotatable bonds is 6. The first-order valence-corrected chi connectivity index (χ1v) is 9.85. The van der Waals surface area contributed by atoms with E-state index in [1.54, 1.807) is 18.2 Å². The summed E-state index contributed by atoms with van der Waals surface area (Å²) in [6.45, 7) is 2.99. The van der Waals surface area contributed by atoms with Crippen LogP contribution in [0.3, 0.4) is 0 Å².